The van der Waals surface area contributed by atoms with Crippen molar-refractivity contribution in [2.45, 2.75) is 32.6 Å². The Labute approximate surface area is 156 Å². The zero-order chi connectivity index (χ0) is 19.1. The van der Waals surface area contributed by atoms with E-state index in [1.807, 2.05) is 37.1 Å². The predicted molar refractivity (Wildman–Crippen MR) is 100 cm³/mol. The zero-order valence-electron chi connectivity index (χ0n) is 16.3. The minimum atomic E-state index is -0.0883. The third-order valence-electron chi connectivity index (χ3n) is 4.99. The number of methoxy groups -OCH3 is 2. The maximum atomic E-state index is 12.7. The lowest BCUT2D eigenvalue weighted by Gasteiger charge is -2.34. The van der Waals surface area contributed by atoms with Crippen molar-refractivity contribution in [3.05, 3.63) is 23.8 Å². The first kappa shape index (κ1) is 20.1. The maximum Gasteiger partial charge on any atom is 0.227 e. The van der Waals surface area contributed by atoms with Gasteiger partial charge < -0.3 is 19.3 Å². The number of benzene rings is 1. The molecular formula is C20H30N2O4. The quantitative estimate of drug-likeness (QED) is 0.747. The fourth-order valence-electron chi connectivity index (χ4n) is 3.38. The third kappa shape index (κ3) is 4.90. The minimum Gasteiger partial charge on any atom is -0.493 e. The molecule has 1 aliphatic heterocycles. The third-order valence-corrected chi connectivity index (χ3v) is 4.99. The molecule has 2 rings (SSSR count). The second-order valence-corrected chi connectivity index (χ2v) is 6.73. The Bertz CT molecular complexity index is 632. The van der Waals surface area contributed by atoms with E-state index in [0.29, 0.717) is 31.0 Å². The summed E-state index contributed by atoms with van der Waals surface area (Å²) in [6.07, 6.45) is 2.99. The fourth-order valence-corrected chi connectivity index (χ4v) is 3.38. The lowest BCUT2D eigenvalue weighted by molar-refractivity contribution is -0.139. The molecule has 1 unspecified atom stereocenters. The number of piperidine rings is 1. The average Bonchev–Trinajstić information content (AvgIpc) is 2.70. The Morgan fingerprint density at radius 1 is 1.23 bits per heavy atom. The van der Waals surface area contributed by atoms with Crippen LogP contribution in [0.1, 0.15) is 31.7 Å². The summed E-state index contributed by atoms with van der Waals surface area (Å²) in [7, 11) is 5.06. The van der Waals surface area contributed by atoms with Crippen LogP contribution in [-0.2, 0) is 16.0 Å². The van der Waals surface area contributed by atoms with Crippen LogP contribution in [-0.4, -0.2) is 62.5 Å². The Morgan fingerprint density at radius 2 is 1.96 bits per heavy atom. The highest BCUT2D eigenvalue weighted by Crippen LogP contribution is 2.28. The van der Waals surface area contributed by atoms with Crippen LogP contribution in [0, 0.1) is 5.92 Å². The van der Waals surface area contributed by atoms with Crippen molar-refractivity contribution in [3.8, 4) is 11.5 Å². The molecule has 0 saturated carbocycles. The van der Waals surface area contributed by atoms with E-state index in [2.05, 4.69) is 0 Å². The summed E-state index contributed by atoms with van der Waals surface area (Å²) in [5.74, 6) is 1.56. The van der Waals surface area contributed by atoms with Crippen molar-refractivity contribution in [3.63, 3.8) is 0 Å². The molecule has 0 radical (unpaired) electrons. The standard InChI is InChI=1S/C20H30N2O4/c1-5-19(23)22-11-6-7-16(14-22)20(24)21(2)12-10-15-8-9-17(25-3)18(13-15)26-4/h8-9,13,16H,5-7,10-12,14H2,1-4H3. The van der Waals surface area contributed by atoms with Gasteiger partial charge in [0.05, 0.1) is 20.1 Å². The Hall–Kier alpha value is -2.24. The van der Waals surface area contributed by atoms with E-state index in [9.17, 15) is 9.59 Å². The highest BCUT2D eigenvalue weighted by Gasteiger charge is 2.29. The molecule has 1 fully saturated rings. The number of likely N-dealkylation sites (N-methyl/N-ethyl adjacent to an activating group) is 1. The smallest absolute Gasteiger partial charge is 0.227 e. The van der Waals surface area contributed by atoms with Crippen LogP contribution in [0.25, 0.3) is 0 Å². The molecule has 1 atom stereocenters. The number of nitrogens with zero attached hydrogens (tertiary/aromatic N) is 2. The molecule has 1 aliphatic rings. The number of carbonyl (C=O) groups excluding carboxylic acids is 2. The number of hydrogen-bond acceptors (Lipinski definition) is 4. The van der Waals surface area contributed by atoms with Gasteiger partial charge in [-0.25, -0.2) is 0 Å². The fraction of sp³-hybridized carbons (Fsp3) is 0.600. The van der Waals surface area contributed by atoms with E-state index in [-0.39, 0.29) is 17.7 Å². The van der Waals surface area contributed by atoms with Crippen molar-refractivity contribution in [2.75, 3.05) is 40.9 Å². The average molecular weight is 362 g/mol. The van der Waals surface area contributed by atoms with E-state index < -0.39 is 0 Å². The first-order valence-corrected chi connectivity index (χ1v) is 9.23. The normalized spacial score (nSPS) is 16.9. The summed E-state index contributed by atoms with van der Waals surface area (Å²) in [6, 6.07) is 5.81. The van der Waals surface area contributed by atoms with E-state index in [1.165, 1.54) is 0 Å². The van der Waals surface area contributed by atoms with Gasteiger partial charge in [0.25, 0.3) is 0 Å². The van der Waals surface area contributed by atoms with Gasteiger partial charge in [-0.1, -0.05) is 13.0 Å². The molecule has 0 aliphatic carbocycles. The molecule has 0 aromatic heterocycles. The van der Waals surface area contributed by atoms with Gasteiger partial charge in [-0.3, -0.25) is 9.59 Å². The highest BCUT2D eigenvalue weighted by molar-refractivity contribution is 5.81. The van der Waals surface area contributed by atoms with Gasteiger partial charge in [0, 0.05) is 33.1 Å². The van der Waals surface area contributed by atoms with Gasteiger partial charge in [0.15, 0.2) is 11.5 Å². The molecule has 6 nitrogen and oxygen atoms in total. The molecule has 2 amide bonds. The summed E-state index contributed by atoms with van der Waals surface area (Å²) >= 11 is 0. The van der Waals surface area contributed by atoms with Crippen LogP contribution in [0.4, 0.5) is 0 Å². The van der Waals surface area contributed by atoms with Gasteiger partial charge in [0.2, 0.25) is 11.8 Å². The van der Waals surface area contributed by atoms with Crippen molar-refractivity contribution in [1.82, 2.24) is 9.80 Å². The lowest BCUT2D eigenvalue weighted by Crippen LogP contribution is -2.46. The lowest BCUT2D eigenvalue weighted by atomic mass is 9.96. The largest absolute Gasteiger partial charge is 0.493 e. The molecule has 0 N–H and O–H groups in total. The second kappa shape index (κ2) is 9.46. The predicted octanol–water partition coefficient (Wildman–Crippen LogP) is 2.35. The maximum absolute atomic E-state index is 12.7. The SMILES string of the molecule is CCC(=O)N1CCCC(C(=O)N(C)CCc2ccc(OC)c(OC)c2)C1. The zero-order valence-corrected chi connectivity index (χ0v) is 16.3. The molecule has 0 spiro atoms. The topological polar surface area (TPSA) is 59.1 Å². The van der Waals surface area contributed by atoms with Crippen LogP contribution in [0.5, 0.6) is 11.5 Å². The number of likely N-dealkylation sites (tertiary alicyclic amines) is 1. The minimum absolute atomic E-state index is 0.0883. The Morgan fingerprint density at radius 3 is 2.62 bits per heavy atom. The number of carbonyl (C=O) groups is 2. The van der Waals surface area contributed by atoms with Crippen molar-refractivity contribution in [2.24, 2.45) is 5.92 Å². The van der Waals surface area contributed by atoms with E-state index >= 15 is 0 Å². The van der Waals surface area contributed by atoms with E-state index in [0.717, 1.165) is 31.4 Å². The summed E-state index contributed by atoms with van der Waals surface area (Å²) in [6.45, 7) is 3.81. The van der Waals surface area contributed by atoms with Crippen LogP contribution in [0.2, 0.25) is 0 Å². The Balaban J connectivity index is 1.91. The van der Waals surface area contributed by atoms with Crippen LogP contribution >= 0.6 is 0 Å². The number of hydrogen-bond donors (Lipinski definition) is 0. The summed E-state index contributed by atoms with van der Waals surface area (Å²) in [5.41, 5.74) is 1.09. The summed E-state index contributed by atoms with van der Waals surface area (Å²) in [5, 5.41) is 0. The van der Waals surface area contributed by atoms with Gasteiger partial charge in [-0.05, 0) is 37.0 Å². The van der Waals surface area contributed by atoms with Crippen LogP contribution < -0.4 is 9.47 Å². The van der Waals surface area contributed by atoms with Crippen molar-refractivity contribution < 1.29 is 19.1 Å². The molecular weight excluding hydrogens is 332 g/mol. The molecule has 1 aromatic rings. The highest BCUT2D eigenvalue weighted by atomic mass is 16.5. The van der Waals surface area contributed by atoms with E-state index in [1.54, 1.807) is 19.1 Å². The molecule has 0 bridgehead atoms. The van der Waals surface area contributed by atoms with Crippen LogP contribution in [0.15, 0.2) is 18.2 Å². The van der Waals surface area contributed by atoms with E-state index in [4.69, 9.17) is 9.47 Å². The van der Waals surface area contributed by atoms with Crippen molar-refractivity contribution >= 4 is 11.8 Å². The molecule has 144 valence electrons. The first-order chi connectivity index (χ1) is 12.5. The molecule has 1 aromatic carbocycles. The van der Waals surface area contributed by atoms with Gasteiger partial charge in [-0.2, -0.15) is 0 Å². The Kier molecular flexibility index (Phi) is 7.30. The van der Waals surface area contributed by atoms with Crippen molar-refractivity contribution in [1.29, 1.82) is 0 Å². The second-order valence-electron chi connectivity index (χ2n) is 6.73. The van der Waals surface area contributed by atoms with Gasteiger partial charge >= 0.3 is 0 Å². The molecule has 1 saturated heterocycles. The first-order valence-electron chi connectivity index (χ1n) is 9.23. The summed E-state index contributed by atoms with van der Waals surface area (Å²) in [4.78, 5) is 28.3. The molecule has 26 heavy (non-hydrogen) atoms. The molecule has 6 heteroatoms. The van der Waals surface area contributed by atoms with Gasteiger partial charge in [0.1, 0.15) is 0 Å². The number of amides is 2. The number of rotatable bonds is 7. The summed E-state index contributed by atoms with van der Waals surface area (Å²) < 4.78 is 10.6. The monoisotopic (exact) mass is 362 g/mol. The van der Waals surface area contributed by atoms with Gasteiger partial charge in [-0.15, -0.1) is 0 Å². The number of ether oxygens (including phenoxy) is 2. The molecule has 1 heterocycles. The van der Waals surface area contributed by atoms with Crippen LogP contribution in [0.3, 0.4) is 0 Å².